The highest BCUT2D eigenvalue weighted by molar-refractivity contribution is 6.32. The van der Waals surface area contributed by atoms with Crippen molar-refractivity contribution in [3.8, 4) is 0 Å². The SMILES string of the molecule is Nc1nc(CN2CCN(C(=O)/C=C/c3cc(C(F)(F)F)ccc3Cl)CC2)nc2ccccc12. The fraction of sp³-hybridized carbons (Fsp3) is 0.261. The first-order valence-corrected chi connectivity index (χ1v) is 10.7. The van der Waals surface area contributed by atoms with Gasteiger partial charge in [-0.2, -0.15) is 13.2 Å². The molecule has 1 fully saturated rings. The number of hydrogen-bond acceptors (Lipinski definition) is 5. The van der Waals surface area contributed by atoms with E-state index in [4.69, 9.17) is 17.3 Å². The number of amides is 1. The summed E-state index contributed by atoms with van der Waals surface area (Å²) in [7, 11) is 0. The third kappa shape index (κ3) is 5.43. The number of hydrogen-bond donors (Lipinski definition) is 1. The van der Waals surface area contributed by atoms with Gasteiger partial charge in [0.05, 0.1) is 17.6 Å². The topological polar surface area (TPSA) is 75.3 Å². The number of piperazine rings is 1. The van der Waals surface area contributed by atoms with Crippen LogP contribution in [-0.2, 0) is 17.5 Å². The van der Waals surface area contributed by atoms with Crippen LogP contribution in [0.2, 0.25) is 5.02 Å². The van der Waals surface area contributed by atoms with Crippen LogP contribution in [0.3, 0.4) is 0 Å². The predicted molar refractivity (Wildman–Crippen MR) is 121 cm³/mol. The van der Waals surface area contributed by atoms with Crippen LogP contribution in [0.15, 0.2) is 48.5 Å². The fourth-order valence-electron chi connectivity index (χ4n) is 3.66. The molecule has 1 saturated heterocycles. The Kier molecular flexibility index (Phi) is 6.53. The monoisotopic (exact) mass is 475 g/mol. The molecular weight excluding hydrogens is 455 g/mol. The van der Waals surface area contributed by atoms with Crippen molar-refractivity contribution in [2.75, 3.05) is 31.9 Å². The lowest BCUT2D eigenvalue weighted by atomic mass is 10.1. The minimum atomic E-state index is -4.48. The molecule has 2 N–H and O–H groups in total. The molecular formula is C23H21ClF3N5O. The Morgan fingerprint density at radius 2 is 1.82 bits per heavy atom. The second-order valence-corrected chi connectivity index (χ2v) is 8.12. The molecule has 2 heterocycles. The molecule has 0 unspecified atom stereocenters. The summed E-state index contributed by atoms with van der Waals surface area (Å²) in [5.41, 5.74) is 6.16. The van der Waals surface area contributed by atoms with E-state index < -0.39 is 11.7 Å². The lowest BCUT2D eigenvalue weighted by Gasteiger charge is -2.33. The maximum atomic E-state index is 12.9. The highest BCUT2D eigenvalue weighted by Crippen LogP contribution is 2.32. The van der Waals surface area contributed by atoms with E-state index in [1.165, 1.54) is 18.2 Å². The van der Waals surface area contributed by atoms with E-state index in [0.717, 1.165) is 23.0 Å². The summed E-state index contributed by atoms with van der Waals surface area (Å²) in [5.74, 6) is 0.766. The smallest absolute Gasteiger partial charge is 0.383 e. The van der Waals surface area contributed by atoms with Gasteiger partial charge in [-0.05, 0) is 42.0 Å². The first kappa shape index (κ1) is 23.0. The van der Waals surface area contributed by atoms with Crippen LogP contribution < -0.4 is 5.73 Å². The van der Waals surface area contributed by atoms with E-state index in [9.17, 15) is 18.0 Å². The first-order chi connectivity index (χ1) is 15.7. The second-order valence-electron chi connectivity index (χ2n) is 7.71. The van der Waals surface area contributed by atoms with Gasteiger partial charge >= 0.3 is 6.18 Å². The molecule has 0 spiro atoms. The summed E-state index contributed by atoms with van der Waals surface area (Å²) in [6.45, 7) is 2.68. The number of rotatable bonds is 4. The van der Waals surface area contributed by atoms with E-state index in [1.54, 1.807) is 4.90 Å². The molecule has 33 heavy (non-hydrogen) atoms. The van der Waals surface area contributed by atoms with Gasteiger partial charge in [-0.3, -0.25) is 9.69 Å². The zero-order valence-electron chi connectivity index (χ0n) is 17.5. The second kappa shape index (κ2) is 9.36. The highest BCUT2D eigenvalue weighted by atomic mass is 35.5. The lowest BCUT2D eigenvalue weighted by Crippen LogP contribution is -2.48. The Labute approximate surface area is 193 Å². The number of aromatic nitrogens is 2. The fourth-order valence-corrected chi connectivity index (χ4v) is 3.84. The Balaban J connectivity index is 1.36. The van der Waals surface area contributed by atoms with Crippen molar-refractivity contribution in [1.29, 1.82) is 0 Å². The quantitative estimate of drug-likeness (QED) is 0.571. The zero-order valence-corrected chi connectivity index (χ0v) is 18.3. The molecule has 1 amide bonds. The maximum Gasteiger partial charge on any atom is 0.416 e. The van der Waals surface area contributed by atoms with Gasteiger partial charge in [0.2, 0.25) is 5.91 Å². The van der Waals surface area contributed by atoms with Crippen LogP contribution in [0.4, 0.5) is 19.0 Å². The summed E-state index contributed by atoms with van der Waals surface area (Å²) in [4.78, 5) is 25.3. The largest absolute Gasteiger partial charge is 0.416 e. The Morgan fingerprint density at radius 1 is 1.09 bits per heavy atom. The van der Waals surface area contributed by atoms with E-state index in [2.05, 4.69) is 14.9 Å². The molecule has 3 aromatic rings. The van der Waals surface area contributed by atoms with Crippen molar-refractivity contribution in [3.05, 3.63) is 70.5 Å². The Morgan fingerprint density at radius 3 is 2.55 bits per heavy atom. The van der Waals surface area contributed by atoms with E-state index in [0.29, 0.717) is 44.4 Å². The number of alkyl halides is 3. The molecule has 0 aliphatic carbocycles. The van der Waals surface area contributed by atoms with Crippen LogP contribution in [0.1, 0.15) is 17.0 Å². The third-order valence-electron chi connectivity index (χ3n) is 5.46. The minimum absolute atomic E-state index is 0.143. The van der Waals surface area contributed by atoms with Crippen LogP contribution in [0.25, 0.3) is 17.0 Å². The van der Waals surface area contributed by atoms with E-state index >= 15 is 0 Å². The maximum absolute atomic E-state index is 12.9. The first-order valence-electron chi connectivity index (χ1n) is 10.3. The molecule has 4 rings (SSSR count). The van der Waals surface area contributed by atoms with Crippen molar-refractivity contribution in [2.24, 2.45) is 0 Å². The van der Waals surface area contributed by atoms with Gasteiger partial charge in [-0.15, -0.1) is 0 Å². The molecule has 0 atom stereocenters. The number of nitrogens with two attached hydrogens (primary N) is 1. The van der Waals surface area contributed by atoms with Crippen molar-refractivity contribution < 1.29 is 18.0 Å². The number of nitrogen functional groups attached to an aromatic ring is 1. The summed E-state index contributed by atoms with van der Waals surface area (Å²) in [5, 5.41) is 0.954. The van der Waals surface area contributed by atoms with E-state index in [-0.39, 0.29) is 16.5 Å². The highest BCUT2D eigenvalue weighted by Gasteiger charge is 2.30. The Bertz CT molecular complexity index is 1210. The van der Waals surface area contributed by atoms with Crippen LogP contribution in [0.5, 0.6) is 0 Å². The number of anilines is 1. The van der Waals surface area contributed by atoms with Crippen molar-refractivity contribution in [1.82, 2.24) is 19.8 Å². The average molecular weight is 476 g/mol. The molecule has 10 heteroatoms. The summed E-state index contributed by atoms with van der Waals surface area (Å²) in [6.07, 6.45) is -1.91. The van der Waals surface area contributed by atoms with Gasteiger partial charge in [0.1, 0.15) is 11.6 Å². The molecule has 172 valence electrons. The molecule has 1 aromatic heterocycles. The lowest BCUT2D eigenvalue weighted by molar-refractivity contribution is -0.137. The van der Waals surface area contributed by atoms with Gasteiger partial charge in [0, 0.05) is 42.7 Å². The van der Waals surface area contributed by atoms with Crippen molar-refractivity contribution in [2.45, 2.75) is 12.7 Å². The van der Waals surface area contributed by atoms with Crippen LogP contribution >= 0.6 is 11.6 Å². The van der Waals surface area contributed by atoms with Crippen LogP contribution in [-0.4, -0.2) is 51.9 Å². The number of carbonyl (C=O) groups is 1. The van der Waals surface area contributed by atoms with Gasteiger partial charge in [0.25, 0.3) is 0 Å². The zero-order chi connectivity index (χ0) is 23.6. The molecule has 0 bridgehead atoms. The summed E-state index contributed by atoms with van der Waals surface area (Å²) < 4.78 is 38.8. The number of para-hydroxylation sites is 1. The molecule has 6 nitrogen and oxygen atoms in total. The molecule has 1 aliphatic heterocycles. The summed E-state index contributed by atoms with van der Waals surface area (Å²) >= 11 is 5.99. The number of nitrogens with zero attached hydrogens (tertiary/aromatic N) is 4. The normalized spacial score (nSPS) is 15.5. The van der Waals surface area contributed by atoms with Crippen molar-refractivity contribution in [3.63, 3.8) is 0 Å². The number of carbonyl (C=O) groups excluding carboxylic acids is 1. The number of halogens is 4. The molecule has 2 aromatic carbocycles. The van der Waals surface area contributed by atoms with Gasteiger partial charge in [-0.25, -0.2) is 9.97 Å². The average Bonchev–Trinajstić information content (AvgIpc) is 2.78. The van der Waals surface area contributed by atoms with Gasteiger partial charge in [-0.1, -0.05) is 23.7 Å². The molecule has 0 radical (unpaired) electrons. The van der Waals surface area contributed by atoms with Crippen molar-refractivity contribution >= 4 is 40.3 Å². The predicted octanol–water partition coefficient (Wildman–Crippen LogP) is 4.24. The Hall–Kier alpha value is -3.17. The van der Waals surface area contributed by atoms with Gasteiger partial charge in [0.15, 0.2) is 0 Å². The molecule has 0 saturated carbocycles. The van der Waals surface area contributed by atoms with Crippen LogP contribution in [0, 0.1) is 0 Å². The standard InChI is InChI=1S/C23H21ClF3N5O/c24-18-7-6-16(23(25,26)27)13-15(18)5-8-21(33)32-11-9-31(10-12-32)14-20-29-19-4-2-1-3-17(19)22(28)30-20/h1-8,13H,9-12,14H2,(H2,28,29,30)/b8-5+. The third-order valence-corrected chi connectivity index (χ3v) is 5.80. The number of fused-ring (bicyclic) bond motifs is 1. The molecule has 1 aliphatic rings. The van der Waals surface area contributed by atoms with Gasteiger partial charge < -0.3 is 10.6 Å². The van der Waals surface area contributed by atoms with E-state index in [1.807, 2.05) is 24.3 Å². The number of benzene rings is 2. The minimum Gasteiger partial charge on any atom is -0.383 e. The summed E-state index contributed by atoms with van der Waals surface area (Å²) in [6, 6.07) is 10.5.